The summed E-state index contributed by atoms with van der Waals surface area (Å²) in [7, 11) is 2.21. The van der Waals surface area contributed by atoms with Gasteiger partial charge in [0.1, 0.15) is 0 Å². The Labute approximate surface area is 206 Å². The smallest absolute Gasteiger partial charge is 0.193 e. The number of halogens is 1. The topological polar surface area (TPSA) is 43.3 Å². The van der Waals surface area contributed by atoms with E-state index in [4.69, 9.17) is 9.73 Å². The lowest BCUT2D eigenvalue weighted by Gasteiger charge is -2.32. The predicted molar refractivity (Wildman–Crippen MR) is 140 cm³/mol. The van der Waals surface area contributed by atoms with E-state index in [0.717, 1.165) is 38.7 Å². The average Bonchev–Trinajstić information content (AvgIpc) is 3.23. The minimum Gasteiger partial charge on any atom is -0.376 e. The number of unbranched alkanes of at least 4 members (excludes halogenated alkanes) is 1. The van der Waals surface area contributed by atoms with E-state index in [-0.39, 0.29) is 24.0 Å². The number of hydrogen-bond acceptors (Lipinski definition) is 4. The second-order valence-electron chi connectivity index (χ2n) is 8.69. The number of ether oxygens (including phenoxy) is 1. The number of aliphatic imine (C=N–C) groups is 1. The van der Waals surface area contributed by atoms with Crippen molar-refractivity contribution in [2.45, 2.75) is 32.8 Å². The van der Waals surface area contributed by atoms with E-state index in [9.17, 15) is 0 Å². The van der Waals surface area contributed by atoms with Crippen molar-refractivity contribution < 1.29 is 4.74 Å². The van der Waals surface area contributed by atoms with Crippen molar-refractivity contribution in [3.05, 3.63) is 35.9 Å². The van der Waals surface area contributed by atoms with E-state index >= 15 is 0 Å². The summed E-state index contributed by atoms with van der Waals surface area (Å²) in [6.45, 7) is 13.7. The maximum Gasteiger partial charge on any atom is 0.193 e. The largest absolute Gasteiger partial charge is 0.376 e. The maximum absolute atomic E-state index is 5.97. The Hall–Kier alpha value is -0.900. The van der Waals surface area contributed by atoms with Crippen LogP contribution in [0.3, 0.4) is 0 Å². The van der Waals surface area contributed by atoms with Gasteiger partial charge in [0.2, 0.25) is 0 Å². The molecule has 0 spiro atoms. The summed E-state index contributed by atoms with van der Waals surface area (Å²) in [5, 5.41) is 3.49. The molecule has 0 radical (unpaired) electrons. The van der Waals surface area contributed by atoms with Crippen LogP contribution in [-0.4, -0.2) is 93.2 Å². The van der Waals surface area contributed by atoms with E-state index in [2.05, 4.69) is 58.3 Å². The minimum absolute atomic E-state index is 0. The fourth-order valence-corrected chi connectivity index (χ4v) is 4.21. The first-order chi connectivity index (χ1) is 14.7. The van der Waals surface area contributed by atoms with Crippen molar-refractivity contribution in [1.82, 2.24) is 20.0 Å². The zero-order valence-corrected chi connectivity index (χ0v) is 21.8. The van der Waals surface area contributed by atoms with Gasteiger partial charge in [0.15, 0.2) is 5.96 Å². The Morgan fingerprint density at radius 3 is 2.61 bits per heavy atom. The number of guanidine groups is 1. The summed E-state index contributed by atoms with van der Waals surface area (Å²) in [5.74, 6) is 1.68. The predicted octanol–water partition coefficient (Wildman–Crippen LogP) is 3.14. The fraction of sp³-hybridized carbons (Fsp3) is 0.708. The summed E-state index contributed by atoms with van der Waals surface area (Å²) in [6, 6.07) is 10.4. The van der Waals surface area contributed by atoms with Crippen LogP contribution >= 0.6 is 24.0 Å². The normalized spacial score (nSPS) is 20.6. The maximum atomic E-state index is 5.97. The number of benzene rings is 1. The number of piperazine rings is 1. The van der Waals surface area contributed by atoms with Gasteiger partial charge in [0, 0.05) is 58.3 Å². The molecule has 3 rings (SSSR count). The lowest BCUT2D eigenvalue weighted by molar-refractivity contribution is 0.0906. The molecule has 176 valence electrons. The van der Waals surface area contributed by atoms with Gasteiger partial charge < -0.3 is 24.8 Å². The third-order valence-corrected chi connectivity index (χ3v) is 6.13. The molecule has 1 unspecified atom stereocenters. The monoisotopic (exact) mass is 543 g/mol. The van der Waals surface area contributed by atoms with Gasteiger partial charge in [-0.05, 0) is 45.3 Å². The van der Waals surface area contributed by atoms with E-state index in [1.165, 1.54) is 57.5 Å². The summed E-state index contributed by atoms with van der Waals surface area (Å²) < 4.78 is 5.97. The van der Waals surface area contributed by atoms with Crippen LogP contribution < -0.4 is 5.32 Å². The summed E-state index contributed by atoms with van der Waals surface area (Å²) in [4.78, 5) is 12.3. The molecule has 31 heavy (non-hydrogen) atoms. The second kappa shape index (κ2) is 15.0. The third kappa shape index (κ3) is 9.63. The standard InChI is InChI=1S/C24H41N5O.HI/c1-3-25-24(26-12-7-8-13-28-17-15-27(2)16-18-28)29-14-11-23(19-29)21-30-20-22-9-5-4-6-10-22;/h4-6,9-10,23H,3,7-8,11-21H2,1-2H3,(H,25,26);1H. The molecule has 0 amide bonds. The Bertz CT molecular complexity index is 622. The number of hydrogen-bond donors (Lipinski definition) is 1. The summed E-state index contributed by atoms with van der Waals surface area (Å²) in [5.41, 5.74) is 1.25. The molecule has 2 aliphatic rings. The highest BCUT2D eigenvalue weighted by Gasteiger charge is 2.25. The number of nitrogens with zero attached hydrogens (tertiary/aromatic N) is 4. The fourth-order valence-electron chi connectivity index (χ4n) is 4.21. The van der Waals surface area contributed by atoms with E-state index in [1.807, 2.05) is 6.07 Å². The van der Waals surface area contributed by atoms with Crippen molar-refractivity contribution in [1.29, 1.82) is 0 Å². The van der Waals surface area contributed by atoms with E-state index in [0.29, 0.717) is 12.5 Å². The zero-order valence-electron chi connectivity index (χ0n) is 19.5. The molecular weight excluding hydrogens is 501 g/mol. The van der Waals surface area contributed by atoms with Crippen LogP contribution in [0.5, 0.6) is 0 Å². The third-order valence-electron chi connectivity index (χ3n) is 6.13. The number of nitrogens with one attached hydrogen (secondary N) is 1. The van der Waals surface area contributed by atoms with Crippen LogP contribution in [0.2, 0.25) is 0 Å². The van der Waals surface area contributed by atoms with E-state index in [1.54, 1.807) is 0 Å². The summed E-state index contributed by atoms with van der Waals surface area (Å²) >= 11 is 0. The van der Waals surface area contributed by atoms with Gasteiger partial charge in [-0.2, -0.15) is 0 Å². The zero-order chi connectivity index (χ0) is 21.0. The average molecular weight is 544 g/mol. The molecule has 7 heteroatoms. The van der Waals surface area contributed by atoms with Crippen molar-refractivity contribution in [2.24, 2.45) is 10.9 Å². The minimum atomic E-state index is 0. The highest BCUT2D eigenvalue weighted by molar-refractivity contribution is 14.0. The van der Waals surface area contributed by atoms with Gasteiger partial charge >= 0.3 is 0 Å². The summed E-state index contributed by atoms with van der Waals surface area (Å²) in [6.07, 6.45) is 3.59. The van der Waals surface area contributed by atoms with Gasteiger partial charge in [-0.1, -0.05) is 30.3 Å². The lowest BCUT2D eigenvalue weighted by atomic mass is 10.1. The highest BCUT2D eigenvalue weighted by Crippen LogP contribution is 2.17. The Kier molecular flexibility index (Phi) is 12.8. The first-order valence-corrected chi connectivity index (χ1v) is 11.8. The first-order valence-electron chi connectivity index (χ1n) is 11.8. The molecule has 0 bridgehead atoms. The second-order valence-corrected chi connectivity index (χ2v) is 8.69. The van der Waals surface area contributed by atoms with Gasteiger partial charge in [-0.3, -0.25) is 4.99 Å². The van der Waals surface area contributed by atoms with Crippen molar-refractivity contribution in [3.63, 3.8) is 0 Å². The van der Waals surface area contributed by atoms with E-state index < -0.39 is 0 Å². The van der Waals surface area contributed by atoms with Crippen LogP contribution in [0.1, 0.15) is 31.7 Å². The molecule has 2 heterocycles. The Balaban J connectivity index is 0.00000341. The van der Waals surface area contributed by atoms with Gasteiger partial charge in [-0.25, -0.2) is 0 Å². The van der Waals surface area contributed by atoms with Crippen molar-refractivity contribution in [2.75, 3.05) is 72.6 Å². The first kappa shape index (κ1) is 26.4. The lowest BCUT2D eigenvalue weighted by Crippen LogP contribution is -2.44. The molecule has 1 aromatic carbocycles. The molecule has 6 nitrogen and oxygen atoms in total. The van der Waals surface area contributed by atoms with Crippen LogP contribution in [0.15, 0.2) is 35.3 Å². The molecular formula is C24H42IN5O. The molecule has 2 saturated heterocycles. The number of likely N-dealkylation sites (tertiary alicyclic amines) is 1. The van der Waals surface area contributed by atoms with Gasteiger partial charge in [0.05, 0.1) is 13.2 Å². The molecule has 1 atom stereocenters. The SMILES string of the molecule is CCNC(=NCCCCN1CCN(C)CC1)N1CCC(COCc2ccccc2)C1.I. The molecule has 1 aromatic rings. The molecule has 0 aromatic heterocycles. The highest BCUT2D eigenvalue weighted by atomic mass is 127. The molecule has 0 saturated carbocycles. The van der Waals surface area contributed by atoms with Crippen LogP contribution in [0, 0.1) is 5.92 Å². The Morgan fingerprint density at radius 1 is 1.10 bits per heavy atom. The van der Waals surface area contributed by atoms with Crippen molar-refractivity contribution in [3.8, 4) is 0 Å². The van der Waals surface area contributed by atoms with Crippen LogP contribution in [0.4, 0.5) is 0 Å². The molecule has 2 aliphatic heterocycles. The molecule has 2 fully saturated rings. The molecule has 0 aliphatic carbocycles. The van der Waals surface area contributed by atoms with Crippen molar-refractivity contribution >= 4 is 29.9 Å². The van der Waals surface area contributed by atoms with Gasteiger partial charge in [-0.15, -0.1) is 24.0 Å². The number of rotatable bonds is 10. The molecule has 1 N–H and O–H groups in total. The van der Waals surface area contributed by atoms with Crippen LogP contribution in [-0.2, 0) is 11.3 Å². The van der Waals surface area contributed by atoms with Gasteiger partial charge in [0.25, 0.3) is 0 Å². The quantitative estimate of drug-likeness (QED) is 0.213. The Morgan fingerprint density at radius 2 is 1.87 bits per heavy atom. The van der Waals surface area contributed by atoms with Crippen LogP contribution in [0.25, 0.3) is 0 Å². The number of likely N-dealkylation sites (N-methyl/N-ethyl adjacent to an activating group) is 1.